The van der Waals surface area contributed by atoms with Crippen LogP contribution in [-0.2, 0) is 16.0 Å². The van der Waals surface area contributed by atoms with Gasteiger partial charge in [-0.2, -0.15) is 0 Å². The van der Waals surface area contributed by atoms with E-state index in [4.69, 9.17) is 10.8 Å². The quantitative estimate of drug-likeness (QED) is 0.591. The van der Waals surface area contributed by atoms with Crippen LogP contribution in [0.1, 0.15) is 12.0 Å². The molecule has 102 valence electrons. The molecule has 1 aromatic carbocycles. The Balaban J connectivity index is 2.49. The smallest absolute Gasteiger partial charge is 0.319 e. The van der Waals surface area contributed by atoms with Gasteiger partial charge in [0.25, 0.3) is 0 Å². The second-order valence-electron chi connectivity index (χ2n) is 3.87. The van der Waals surface area contributed by atoms with E-state index in [1.165, 1.54) is 0 Å². The number of carboxylic acids is 1. The number of carbonyl (C=O) groups is 3. The lowest BCUT2D eigenvalue weighted by Crippen LogP contribution is -2.31. The van der Waals surface area contributed by atoms with Crippen LogP contribution < -0.4 is 16.4 Å². The zero-order valence-electron chi connectivity index (χ0n) is 10.2. The van der Waals surface area contributed by atoms with Crippen LogP contribution in [0, 0.1) is 0 Å². The van der Waals surface area contributed by atoms with Gasteiger partial charge in [-0.3, -0.25) is 9.59 Å². The largest absolute Gasteiger partial charge is 0.481 e. The van der Waals surface area contributed by atoms with Gasteiger partial charge in [-0.1, -0.05) is 12.1 Å². The van der Waals surface area contributed by atoms with E-state index in [1.807, 2.05) is 0 Å². The second-order valence-corrected chi connectivity index (χ2v) is 3.87. The summed E-state index contributed by atoms with van der Waals surface area (Å²) < 4.78 is 0. The number of primary amides is 1. The monoisotopic (exact) mass is 265 g/mol. The third kappa shape index (κ3) is 6.06. The van der Waals surface area contributed by atoms with E-state index in [9.17, 15) is 14.4 Å². The highest BCUT2D eigenvalue weighted by atomic mass is 16.4. The van der Waals surface area contributed by atoms with E-state index in [0.29, 0.717) is 11.3 Å². The normalized spacial score (nSPS) is 9.68. The molecular weight excluding hydrogens is 250 g/mol. The fourth-order valence-electron chi connectivity index (χ4n) is 1.41. The molecule has 0 aliphatic heterocycles. The van der Waals surface area contributed by atoms with Crippen molar-refractivity contribution in [2.75, 3.05) is 11.9 Å². The van der Waals surface area contributed by atoms with Crippen LogP contribution in [0.5, 0.6) is 0 Å². The number of rotatable bonds is 6. The summed E-state index contributed by atoms with van der Waals surface area (Å²) in [5, 5.41) is 13.7. The van der Waals surface area contributed by atoms with Crippen molar-refractivity contribution in [2.45, 2.75) is 12.8 Å². The van der Waals surface area contributed by atoms with Gasteiger partial charge in [0.15, 0.2) is 0 Å². The Hall–Kier alpha value is -2.57. The number of anilines is 1. The third-order valence-electron chi connectivity index (χ3n) is 2.20. The molecule has 7 heteroatoms. The minimum absolute atomic E-state index is 0.0620. The Bertz CT molecular complexity index is 488. The van der Waals surface area contributed by atoms with Crippen LogP contribution in [0.4, 0.5) is 10.5 Å². The average molecular weight is 265 g/mol. The van der Waals surface area contributed by atoms with Gasteiger partial charge in [0.2, 0.25) is 5.91 Å². The van der Waals surface area contributed by atoms with Crippen molar-refractivity contribution in [3.8, 4) is 0 Å². The van der Waals surface area contributed by atoms with Gasteiger partial charge in [-0.25, -0.2) is 4.79 Å². The SMILES string of the molecule is NC(=O)CCNC(=O)Nc1cccc(CC(=O)O)c1. The van der Waals surface area contributed by atoms with Crippen molar-refractivity contribution in [1.82, 2.24) is 5.32 Å². The van der Waals surface area contributed by atoms with Crippen LogP contribution >= 0.6 is 0 Å². The Morgan fingerprint density at radius 2 is 2.00 bits per heavy atom. The molecule has 3 amide bonds. The number of hydrogen-bond donors (Lipinski definition) is 4. The zero-order chi connectivity index (χ0) is 14.3. The third-order valence-corrected chi connectivity index (χ3v) is 2.20. The molecule has 1 aromatic rings. The summed E-state index contributed by atoms with van der Waals surface area (Å²) in [6.45, 7) is 0.149. The summed E-state index contributed by atoms with van der Waals surface area (Å²) >= 11 is 0. The zero-order valence-corrected chi connectivity index (χ0v) is 10.2. The predicted octanol–water partition coefficient (Wildman–Crippen LogP) is 0.311. The number of urea groups is 1. The molecule has 0 spiro atoms. The van der Waals surface area contributed by atoms with Gasteiger partial charge >= 0.3 is 12.0 Å². The van der Waals surface area contributed by atoms with Crippen molar-refractivity contribution < 1.29 is 19.5 Å². The van der Waals surface area contributed by atoms with Crippen LogP contribution in [0.2, 0.25) is 0 Å². The van der Waals surface area contributed by atoms with Gasteiger partial charge < -0.3 is 21.5 Å². The maximum Gasteiger partial charge on any atom is 0.319 e. The second kappa shape index (κ2) is 7.00. The average Bonchev–Trinajstić information content (AvgIpc) is 2.27. The van der Waals surface area contributed by atoms with Gasteiger partial charge in [-0.15, -0.1) is 0 Å². The summed E-state index contributed by atoms with van der Waals surface area (Å²) in [5.74, 6) is -1.44. The van der Waals surface area contributed by atoms with Crippen LogP contribution in [0.3, 0.4) is 0 Å². The number of nitrogens with two attached hydrogens (primary N) is 1. The summed E-state index contributed by atoms with van der Waals surface area (Å²) in [6, 6.07) is 6.04. The van der Waals surface area contributed by atoms with Gasteiger partial charge in [-0.05, 0) is 17.7 Å². The van der Waals surface area contributed by atoms with Crippen LogP contribution in [-0.4, -0.2) is 29.6 Å². The number of amides is 3. The van der Waals surface area contributed by atoms with E-state index in [0.717, 1.165) is 0 Å². The summed E-state index contributed by atoms with van der Waals surface area (Å²) in [5.41, 5.74) is 6.00. The summed E-state index contributed by atoms with van der Waals surface area (Å²) in [7, 11) is 0. The molecule has 0 radical (unpaired) electrons. The van der Waals surface area contributed by atoms with Crippen molar-refractivity contribution in [3.05, 3.63) is 29.8 Å². The molecule has 0 saturated carbocycles. The van der Waals surface area contributed by atoms with Crippen molar-refractivity contribution in [2.24, 2.45) is 5.73 Å². The highest BCUT2D eigenvalue weighted by Crippen LogP contribution is 2.11. The standard InChI is InChI=1S/C12H15N3O4/c13-10(16)4-5-14-12(19)15-9-3-1-2-8(6-9)7-11(17)18/h1-3,6H,4-5,7H2,(H2,13,16)(H,17,18)(H2,14,15,19). The van der Waals surface area contributed by atoms with Crippen molar-refractivity contribution >= 4 is 23.6 Å². The fourth-order valence-corrected chi connectivity index (χ4v) is 1.41. The number of carboxylic acid groups (broad SMARTS) is 1. The molecule has 0 atom stereocenters. The van der Waals surface area contributed by atoms with Crippen LogP contribution in [0.15, 0.2) is 24.3 Å². The Morgan fingerprint density at radius 1 is 1.26 bits per heavy atom. The molecule has 7 nitrogen and oxygen atoms in total. The molecule has 0 bridgehead atoms. The highest BCUT2D eigenvalue weighted by Gasteiger charge is 2.04. The molecule has 0 aliphatic carbocycles. The topological polar surface area (TPSA) is 122 Å². The summed E-state index contributed by atoms with van der Waals surface area (Å²) in [6.07, 6.45) is -0.0503. The minimum Gasteiger partial charge on any atom is -0.481 e. The number of benzene rings is 1. The number of carbonyl (C=O) groups excluding carboxylic acids is 2. The number of nitrogens with one attached hydrogen (secondary N) is 2. The van der Waals surface area contributed by atoms with Crippen LogP contribution in [0.25, 0.3) is 0 Å². The molecule has 0 aromatic heterocycles. The highest BCUT2D eigenvalue weighted by molar-refractivity contribution is 5.89. The lowest BCUT2D eigenvalue weighted by Gasteiger charge is -2.07. The first-order valence-corrected chi connectivity index (χ1v) is 5.61. The van der Waals surface area contributed by atoms with Gasteiger partial charge in [0.1, 0.15) is 0 Å². The predicted molar refractivity (Wildman–Crippen MR) is 68.6 cm³/mol. The lowest BCUT2D eigenvalue weighted by molar-refractivity contribution is -0.136. The van der Waals surface area contributed by atoms with Gasteiger partial charge in [0.05, 0.1) is 6.42 Å². The maximum absolute atomic E-state index is 11.4. The Labute approximate surface area is 109 Å². The molecule has 0 heterocycles. The molecular formula is C12H15N3O4. The van der Waals surface area contributed by atoms with Gasteiger partial charge in [0, 0.05) is 18.7 Å². The minimum atomic E-state index is -0.942. The fraction of sp³-hybridized carbons (Fsp3) is 0.250. The first-order chi connectivity index (χ1) is 8.97. The van der Waals surface area contributed by atoms with Crippen molar-refractivity contribution in [3.63, 3.8) is 0 Å². The molecule has 0 saturated heterocycles. The van der Waals surface area contributed by atoms with E-state index in [2.05, 4.69) is 10.6 Å². The van der Waals surface area contributed by atoms with E-state index in [-0.39, 0.29) is 19.4 Å². The maximum atomic E-state index is 11.4. The molecule has 19 heavy (non-hydrogen) atoms. The summed E-state index contributed by atoms with van der Waals surface area (Å²) in [4.78, 5) is 32.5. The molecule has 1 rings (SSSR count). The number of aliphatic carboxylic acids is 1. The van der Waals surface area contributed by atoms with Crippen molar-refractivity contribution in [1.29, 1.82) is 0 Å². The van der Waals surface area contributed by atoms with E-state index >= 15 is 0 Å². The molecule has 5 N–H and O–H groups in total. The number of hydrogen-bond acceptors (Lipinski definition) is 3. The Morgan fingerprint density at radius 3 is 2.63 bits per heavy atom. The first-order valence-electron chi connectivity index (χ1n) is 5.61. The van der Waals surface area contributed by atoms with E-state index < -0.39 is 17.9 Å². The first kappa shape index (κ1) is 14.5. The molecule has 0 fully saturated rings. The van der Waals surface area contributed by atoms with E-state index in [1.54, 1.807) is 24.3 Å². The molecule has 0 unspecified atom stereocenters. The Kier molecular flexibility index (Phi) is 5.34. The lowest BCUT2D eigenvalue weighted by atomic mass is 10.1. The molecule has 0 aliphatic rings.